The van der Waals surface area contributed by atoms with Gasteiger partial charge in [0, 0.05) is 30.9 Å². The summed E-state index contributed by atoms with van der Waals surface area (Å²) in [5, 5.41) is 2.97. The van der Waals surface area contributed by atoms with Crippen LogP contribution in [-0.4, -0.2) is 63.5 Å². The molecule has 0 unspecified atom stereocenters. The second-order valence-corrected chi connectivity index (χ2v) is 8.74. The summed E-state index contributed by atoms with van der Waals surface area (Å²) in [7, 11) is 9.23. The molecule has 3 rings (SSSR count). The first-order valence-corrected chi connectivity index (χ1v) is 11.3. The highest BCUT2D eigenvalue weighted by Gasteiger charge is 2.12. The number of nitrogens with zero attached hydrogens (tertiary/aromatic N) is 2. The fraction of sp³-hybridized carbons (Fsp3) is 0.286. The molecule has 6 heteroatoms. The Balaban J connectivity index is 1.68. The maximum absolute atomic E-state index is 12.9. The molecule has 0 saturated heterocycles. The van der Waals surface area contributed by atoms with Gasteiger partial charge in [-0.2, -0.15) is 0 Å². The maximum atomic E-state index is 12.9. The molecule has 0 radical (unpaired) electrons. The average molecular weight is 460 g/mol. The van der Waals surface area contributed by atoms with Gasteiger partial charge in [-0.15, -0.1) is 0 Å². The van der Waals surface area contributed by atoms with Crippen LogP contribution in [0.3, 0.4) is 0 Å². The summed E-state index contributed by atoms with van der Waals surface area (Å²) >= 11 is 0. The topological polar surface area (TPSA) is 61.9 Å². The molecule has 0 aliphatic heterocycles. The van der Waals surface area contributed by atoms with Crippen molar-refractivity contribution in [2.45, 2.75) is 12.8 Å². The third-order valence-electron chi connectivity index (χ3n) is 5.61. The van der Waals surface area contributed by atoms with Crippen LogP contribution >= 0.6 is 0 Å². The molecule has 0 bridgehead atoms. The van der Waals surface area contributed by atoms with Crippen LogP contribution < -0.4 is 10.1 Å². The Morgan fingerprint density at radius 2 is 1.41 bits per heavy atom. The van der Waals surface area contributed by atoms with E-state index in [-0.39, 0.29) is 11.8 Å². The predicted octanol–water partition coefficient (Wildman–Crippen LogP) is 4.81. The largest absolute Gasteiger partial charge is 0.496 e. The highest BCUT2D eigenvalue weighted by Crippen LogP contribution is 2.24. The molecule has 0 aliphatic carbocycles. The number of anilines is 1. The average Bonchev–Trinajstić information content (AvgIpc) is 2.83. The summed E-state index contributed by atoms with van der Waals surface area (Å²) in [6.07, 6.45) is 1.83. The van der Waals surface area contributed by atoms with E-state index in [2.05, 4.69) is 10.2 Å². The molecular formula is C28H33N3O3. The van der Waals surface area contributed by atoms with Gasteiger partial charge in [-0.1, -0.05) is 24.3 Å². The van der Waals surface area contributed by atoms with Crippen molar-refractivity contribution >= 4 is 17.5 Å². The second-order valence-electron chi connectivity index (χ2n) is 8.74. The molecule has 3 aromatic rings. The third kappa shape index (κ3) is 6.45. The van der Waals surface area contributed by atoms with E-state index in [1.165, 1.54) is 0 Å². The smallest absolute Gasteiger partial charge is 0.255 e. The Labute approximate surface area is 202 Å². The molecule has 34 heavy (non-hydrogen) atoms. The van der Waals surface area contributed by atoms with Gasteiger partial charge < -0.3 is 19.9 Å². The minimum absolute atomic E-state index is 0.0241. The molecule has 0 spiro atoms. The summed E-state index contributed by atoms with van der Waals surface area (Å²) in [4.78, 5) is 28.6. The predicted molar refractivity (Wildman–Crippen MR) is 138 cm³/mol. The highest BCUT2D eigenvalue weighted by atomic mass is 16.5. The zero-order valence-corrected chi connectivity index (χ0v) is 20.6. The summed E-state index contributed by atoms with van der Waals surface area (Å²) in [6, 6.07) is 20.7. The van der Waals surface area contributed by atoms with E-state index >= 15 is 0 Å². The van der Waals surface area contributed by atoms with Gasteiger partial charge in [0.15, 0.2) is 0 Å². The maximum Gasteiger partial charge on any atom is 0.255 e. The minimum Gasteiger partial charge on any atom is -0.496 e. The number of carbonyl (C=O) groups is 2. The van der Waals surface area contributed by atoms with Crippen molar-refractivity contribution < 1.29 is 14.3 Å². The lowest BCUT2D eigenvalue weighted by molar-refractivity contribution is 0.0827. The molecule has 178 valence electrons. The zero-order chi connectivity index (χ0) is 24.7. The lowest BCUT2D eigenvalue weighted by Crippen LogP contribution is -2.21. The van der Waals surface area contributed by atoms with Crippen LogP contribution in [0, 0.1) is 0 Å². The molecule has 0 heterocycles. The fourth-order valence-electron chi connectivity index (χ4n) is 3.71. The standard InChI is InChI=1S/C28H33N3O3/c1-30(2)18-6-7-23-19-24(14-17-26(23)34-5)27(32)29-25-15-12-21(13-16-25)20-8-10-22(11-9-20)28(33)31(3)4/h8-17,19H,6-7,18H2,1-5H3,(H,29,32). The van der Waals surface area contributed by atoms with E-state index in [0.717, 1.165) is 47.5 Å². The van der Waals surface area contributed by atoms with Crippen LogP contribution in [0.15, 0.2) is 66.7 Å². The van der Waals surface area contributed by atoms with E-state index in [0.29, 0.717) is 11.1 Å². The molecule has 0 fully saturated rings. The third-order valence-corrected chi connectivity index (χ3v) is 5.61. The van der Waals surface area contributed by atoms with Crippen molar-refractivity contribution in [1.29, 1.82) is 0 Å². The van der Waals surface area contributed by atoms with Crippen LogP contribution in [0.1, 0.15) is 32.7 Å². The Kier molecular flexibility index (Phi) is 8.44. The molecule has 0 aliphatic rings. The van der Waals surface area contributed by atoms with Crippen molar-refractivity contribution in [3.63, 3.8) is 0 Å². The van der Waals surface area contributed by atoms with Crippen LogP contribution in [0.2, 0.25) is 0 Å². The van der Waals surface area contributed by atoms with Crippen molar-refractivity contribution in [3.05, 3.63) is 83.4 Å². The Morgan fingerprint density at radius 1 is 0.824 bits per heavy atom. The highest BCUT2D eigenvalue weighted by molar-refractivity contribution is 6.04. The first-order valence-electron chi connectivity index (χ1n) is 11.3. The van der Waals surface area contributed by atoms with E-state index in [1.807, 2.05) is 74.8 Å². The first-order chi connectivity index (χ1) is 16.3. The monoisotopic (exact) mass is 459 g/mol. The van der Waals surface area contributed by atoms with Gasteiger partial charge in [0.2, 0.25) is 0 Å². The Hall–Kier alpha value is -3.64. The van der Waals surface area contributed by atoms with Gasteiger partial charge in [0.25, 0.3) is 11.8 Å². The number of rotatable bonds is 9. The first kappa shape index (κ1) is 25.0. The molecule has 3 aromatic carbocycles. The molecule has 0 aromatic heterocycles. The van der Waals surface area contributed by atoms with E-state index in [9.17, 15) is 9.59 Å². The Morgan fingerprint density at radius 3 is 1.97 bits per heavy atom. The van der Waals surface area contributed by atoms with E-state index < -0.39 is 0 Å². The number of hydrogen-bond acceptors (Lipinski definition) is 4. The number of carbonyl (C=O) groups excluding carboxylic acids is 2. The molecule has 0 saturated carbocycles. The minimum atomic E-state index is -0.157. The van der Waals surface area contributed by atoms with E-state index in [4.69, 9.17) is 4.74 Å². The molecule has 6 nitrogen and oxygen atoms in total. The molecule has 1 N–H and O–H groups in total. The summed E-state index contributed by atoms with van der Waals surface area (Å²) < 4.78 is 5.48. The van der Waals surface area contributed by atoms with Crippen molar-refractivity contribution in [2.75, 3.05) is 47.2 Å². The van der Waals surface area contributed by atoms with E-state index in [1.54, 1.807) is 32.2 Å². The van der Waals surface area contributed by atoms with Crippen LogP contribution in [-0.2, 0) is 6.42 Å². The SMILES string of the molecule is COc1ccc(C(=O)Nc2ccc(-c3ccc(C(=O)N(C)C)cc3)cc2)cc1CCCN(C)C. The Bertz CT molecular complexity index is 1120. The number of benzene rings is 3. The number of nitrogens with one attached hydrogen (secondary N) is 1. The zero-order valence-electron chi connectivity index (χ0n) is 20.6. The molecule has 0 atom stereocenters. The van der Waals surface area contributed by atoms with Gasteiger partial charge in [-0.3, -0.25) is 9.59 Å². The molecule has 2 amide bonds. The van der Waals surface area contributed by atoms with Crippen LogP contribution in [0.5, 0.6) is 5.75 Å². The van der Waals surface area contributed by atoms with Crippen molar-refractivity contribution in [3.8, 4) is 16.9 Å². The fourth-order valence-corrected chi connectivity index (χ4v) is 3.71. The van der Waals surface area contributed by atoms with Gasteiger partial charge in [0.05, 0.1) is 7.11 Å². The lowest BCUT2D eigenvalue weighted by atomic mass is 10.0. The van der Waals surface area contributed by atoms with Crippen LogP contribution in [0.4, 0.5) is 5.69 Å². The number of hydrogen-bond donors (Lipinski definition) is 1. The second kappa shape index (κ2) is 11.5. The van der Waals surface area contributed by atoms with Gasteiger partial charge >= 0.3 is 0 Å². The van der Waals surface area contributed by atoms with Gasteiger partial charge in [0.1, 0.15) is 5.75 Å². The van der Waals surface area contributed by atoms with Crippen molar-refractivity contribution in [2.24, 2.45) is 0 Å². The summed E-state index contributed by atoms with van der Waals surface area (Å²) in [5.74, 6) is 0.623. The van der Waals surface area contributed by atoms with Gasteiger partial charge in [-0.05, 0) is 92.6 Å². The number of ether oxygens (including phenoxy) is 1. The van der Waals surface area contributed by atoms with Crippen LogP contribution in [0.25, 0.3) is 11.1 Å². The number of aryl methyl sites for hydroxylation is 1. The molecular weight excluding hydrogens is 426 g/mol. The number of amides is 2. The lowest BCUT2D eigenvalue weighted by Gasteiger charge is -2.13. The number of methoxy groups -OCH3 is 1. The van der Waals surface area contributed by atoms with Crippen molar-refractivity contribution in [1.82, 2.24) is 9.80 Å². The van der Waals surface area contributed by atoms with Gasteiger partial charge in [-0.25, -0.2) is 0 Å². The quantitative estimate of drug-likeness (QED) is 0.499. The summed E-state index contributed by atoms with van der Waals surface area (Å²) in [6.45, 7) is 0.973. The summed E-state index contributed by atoms with van der Waals surface area (Å²) in [5.41, 5.74) is 5.02. The normalized spacial score (nSPS) is 10.8.